The summed E-state index contributed by atoms with van der Waals surface area (Å²) in [6.07, 6.45) is 4.87. The second-order valence-electron chi connectivity index (χ2n) is 8.15. The fourth-order valence-corrected chi connectivity index (χ4v) is 4.24. The van der Waals surface area contributed by atoms with E-state index in [4.69, 9.17) is 9.47 Å². The maximum atomic E-state index is 12.7. The molecule has 0 bridgehead atoms. The SMILES string of the molecule is CN(C)CCOc1ccc2c(c1)CCOC21CCN(C(=O)c2cnc[nH]c2=O)CC1. The zero-order chi connectivity index (χ0) is 21.1. The highest BCUT2D eigenvalue weighted by molar-refractivity contribution is 5.93. The molecule has 160 valence electrons. The van der Waals surface area contributed by atoms with Crippen LogP contribution in [0.2, 0.25) is 0 Å². The summed E-state index contributed by atoms with van der Waals surface area (Å²) in [5.74, 6) is 0.607. The van der Waals surface area contributed by atoms with Crippen molar-refractivity contribution in [1.29, 1.82) is 0 Å². The van der Waals surface area contributed by atoms with E-state index < -0.39 is 5.56 Å². The molecule has 1 aromatic carbocycles. The Morgan fingerprint density at radius 2 is 2.13 bits per heavy atom. The summed E-state index contributed by atoms with van der Waals surface area (Å²) in [7, 11) is 4.05. The van der Waals surface area contributed by atoms with Gasteiger partial charge in [0.25, 0.3) is 11.5 Å². The van der Waals surface area contributed by atoms with Gasteiger partial charge in [-0.25, -0.2) is 4.98 Å². The van der Waals surface area contributed by atoms with Gasteiger partial charge in [-0.2, -0.15) is 0 Å². The number of nitrogens with zero attached hydrogens (tertiary/aromatic N) is 3. The van der Waals surface area contributed by atoms with Crippen molar-refractivity contribution in [2.24, 2.45) is 0 Å². The first-order valence-electron chi connectivity index (χ1n) is 10.4. The molecule has 1 N–H and O–H groups in total. The molecule has 0 unspecified atom stereocenters. The number of amides is 1. The summed E-state index contributed by atoms with van der Waals surface area (Å²) in [4.78, 5) is 34.8. The molecule has 4 rings (SSSR count). The van der Waals surface area contributed by atoms with Crippen LogP contribution in [0.4, 0.5) is 0 Å². The molecule has 8 nitrogen and oxygen atoms in total. The van der Waals surface area contributed by atoms with Crippen molar-refractivity contribution in [2.45, 2.75) is 24.9 Å². The van der Waals surface area contributed by atoms with Gasteiger partial charge < -0.3 is 24.3 Å². The molecule has 0 aliphatic carbocycles. The van der Waals surface area contributed by atoms with Gasteiger partial charge >= 0.3 is 0 Å². The quantitative estimate of drug-likeness (QED) is 0.799. The molecule has 1 amide bonds. The van der Waals surface area contributed by atoms with E-state index in [1.165, 1.54) is 23.7 Å². The molecule has 1 spiro atoms. The van der Waals surface area contributed by atoms with Crippen molar-refractivity contribution in [2.75, 3.05) is 46.9 Å². The molecule has 0 atom stereocenters. The minimum atomic E-state index is -0.406. The van der Waals surface area contributed by atoms with Gasteiger partial charge in [-0.1, -0.05) is 6.07 Å². The number of carbonyl (C=O) groups excluding carboxylic acids is 1. The van der Waals surface area contributed by atoms with Gasteiger partial charge in [0.05, 0.1) is 18.5 Å². The number of likely N-dealkylation sites (N-methyl/N-ethyl adjacent to an activating group) is 1. The molecule has 30 heavy (non-hydrogen) atoms. The number of aromatic nitrogens is 2. The molecule has 1 saturated heterocycles. The third kappa shape index (κ3) is 4.11. The number of fused-ring (bicyclic) bond motifs is 2. The van der Waals surface area contributed by atoms with Crippen molar-refractivity contribution in [3.8, 4) is 5.75 Å². The number of nitrogens with one attached hydrogen (secondary N) is 1. The van der Waals surface area contributed by atoms with E-state index in [-0.39, 0.29) is 17.1 Å². The van der Waals surface area contributed by atoms with Crippen molar-refractivity contribution >= 4 is 5.91 Å². The summed E-state index contributed by atoms with van der Waals surface area (Å²) >= 11 is 0. The largest absolute Gasteiger partial charge is 0.492 e. The number of likely N-dealkylation sites (tertiary alicyclic amines) is 1. The molecule has 2 aliphatic rings. The average Bonchev–Trinajstić information content (AvgIpc) is 2.74. The number of benzene rings is 1. The number of hydrogen-bond acceptors (Lipinski definition) is 6. The zero-order valence-corrected chi connectivity index (χ0v) is 17.5. The van der Waals surface area contributed by atoms with Gasteiger partial charge in [-0.3, -0.25) is 9.59 Å². The topological polar surface area (TPSA) is 87.8 Å². The lowest BCUT2D eigenvalue weighted by molar-refractivity contribution is -0.0935. The van der Waals surface area contributed by atoms with Crippen LogP contribution in [0.15, 0.2) is 35.5 Å². The Hall–Kier alpha value is -2.71. The number of rotatable bonds is 5. The predicted octanol–water partition coefficient (Wildman–Crippen LogP) is 1.41. The van der Waals surface area contributed by atoms with E-state index in [9.17, 15) is 9.59 Å². The average molecular weight is 412 g/mol. The predicted molar refractivity (Wildman–Crippen MR) is 112 cm³/mol. The van der Waals surface area contributed by atoms with Crippen molar-refractivity contribution < 1.29 is 14.3 Å². The summed E-state index contributed by atoms with van der Waals surface area (Å²) in [5, 5.41) is 0. The van der Waals surface area contributed by atoms with Crippen LogP contribution in [0, 0.1) is 0 Å². The number of piperidine rings is 1. The Bertz CT molecular complexity index is 964. The normalized spacial score (nSPS) is 17.8. The molecule has 8 heteroatoms. The van der Waals surface area contributed by atoms with Gasteiger partial charge in [0.1, 0.15) is 17.9 Å². The highest BCUT2D eigenvalue weighted by atomic mass is 16.5. The Morgan fingerprint density at radius 3 is 2.87 bits per heavy atom. The van der Waals surface area contributed by atoms with Crippen LogP contribution in [0.25, 0.3) is 0 Å². The summed E-state index contributed by atoms with van der Waals surface area (Å²) in [6, 6.07) is 6.25. The van der Waals surface area contributed by atoms with Crippen LogP contribution in [0.1, 0.15) is 34.3 Å². The summed E-state index contributed by atoms with van der Waals surface area (Å²) in [6.45, 7) is 3.25. The molecule has 3 heterocycles. The highest BCUT2D eigenvalue weighted by Crippen LogP contribution is 2.42. The first-order valence-corrected chi connectivity index (χ1v) is 10.4. The van der Waals surface area contributed by atoms with E-state index in [0.29, 0.717) is 39.1 Å². The summed E-state index contributed by atoms with van der Waals surface area (Å²) < 4.78 is 12.2. The third-order valence-corrected chi connectivity index (χ3v) is 5.93. The first-order chi connectivity index (χ1) is 14.5. The van der Waals surface area contributed by atoms with Crippen molar-refractivity contribution in [3.63, 3.8) is 0 Å². The molecular formula is C22H28N4O4. The van der Waals surface area contributed by atoms with Gasteiger partial charge in [-0.05, 0) is 56.6 Å². The van der Waals surface area contributed by atoms with Gasteiger partial charge in [-0.15, -0.1) is 0 Å². The van der Waals surface area contributed by atoms with Crippen LogP contribution in [-0.4, -0.2) is 72.6 Å². The monoisotopic (exact) mass is 412 g/mol. The molecule has 1 fully saturated rings. The smallest absolute Gasteiger partial charge is 0.263 e. The molecule has 0 saturated carbocycles. The van der Waals surface area contributed by atoms with Crippen molar-refractivity contribution in [3.05, 3.63) is 57.8 Å². The Morgan fingerprint density at radius 1 is 1.33 bits per heavy atom. The lowest BCUT2D eigenvalue weighted by atomic mass is 9.79. The maximum absolute atomic E-state index is 12.7. The molecule has 0 radical (unpaired) electrons. The molecule has 2 aromatic rings. The molecule has 2 aliphatic heterocycles. The second kappa shape index (κ2) is 8.57. The number of aromatic amines is 1. The van der Waals surface area contributed by atoms with Crippen LogP contribution < -0.4 is 10.3 Å². The highest BCUT2D eigenvalue weighted by Gasteiger charge is 2.42. The van der Waals surface area contributed by atoms with Crippen molar-refractivity contribution in [1.82, 2.24) is 19.8 Å². The van der Waals surface area contributed by atoms with Crippen LogP contribution in [0.5, 0.6) is 5.75 Å². The number of hydrogen-bond donors (Lipinski definition) is 1. The molecular weight excluding hydrogens is 384 g/mol. The number of carbonyl (C=O) groups is 1. The lowest BCUT2D eigenvalue weighted by Crippen LogP contribution is -2.49. The Balaban J connectivity index is 1.46. The van der Waals surface area contributed by atoms with Crippen LogP contribution in [0.3, 0.4) is 0 Å². The Labute approximate surface area is 175 Å². The van der Waals surface area contributed by atoms with Crippen LogP contribution in [-0.2, 0) is 16.8 Å². The minimum absolute atomic E-state index is 0.0814. The number of ether oxygens (including phenoxy) is 2. The minimum Gasteiger partial charge on any atom is -0.492 e. The zero-order valence-electron chi connectivity index (χ0n) is 17.5. The van der Waals surface area contributed by atoms with E-state index in [1.54, 1.807) is 4.90 Å². The van der Waals surface area contributed by atoms with Crippen LogP contribution >= 0.6 is 0 Å². The standard InChI is InChI=1S/C22H28N4O4/c1-25(2)10-12-29-17-3-4-19-16(13-17)5-11-30-22(19)6-8-26(9-7-22)21(28)18-14-23-15-24-20(18)27/h3-4,13-15H,5-12H2,1-2H3,(H,23,24,27). The molecule has 1 aromatic heterocycles. The van der Waals surface area contributed by atoms with Gasteiger partial charge in [0.15, 0.2) is 0 Å². The third-order valence-electron chi connectivity index (χ3n) is 5.93. The fraction of sp³-hybridized carbons (Fsp3) is 0.500. The van der Waals surface area contributed by atoms with Gasteiger partial charge in [0.2, 0.25) is 0 Å². The van der Waals surface area contributed by atoms with E-state index in [1.807, 2.05) is 20.2 Å². The number of H-pyrrole nitrogens is 1. The first kappa shape index (κ1) is 20.6. The van der Waals surface area contributed by atoms with Gasteiger partial charge in [0, 0.05) is 25.8 Å². The fourth-order valence-electron chi connectivity index (χ4n) is 4.24. The summed E-state index contributed by atoms with van der Waals surface area (Å²) in [5.41, 5.74) is 1.75. The van der Waals surface area contributed by atoms with E-state index in [0.717, 1.165) is 18.7 Å². The van der Waals surface area contributed by atoms with E-state index in [2.05, 4.69) is 27.0 Å². The maximum Gasteiger partial charge on any atom is 0.263 e. The Kier molecular flexibility index (Phi) is 5.87. The second-order valence-corrected chi connectivity index (χ2v) is 8.15. The van der Waals surface area contributed by atoms with E-state index >= 15 is 0 Å². The lowest BCUT2D eigenvalue weighted by Gasteiger charge is -2.45.